The molecule has 0 fully saturated rings. The fourth-order valence-corrected chi connectivity index (χ4v) is 0.236. The highest BCUT2D eigenvalue weighted by Crippen LogP contribution is 1.85. The standard InChI is InChI=1S/C6H10.N/c1-4-5-6(2)3;/h4-5H,1H2,2-3H3;. The molecule has 1 nitrogen and oxygen atoms in total. The summed E-state index contributed by atoms with van der Waals surface area (Å²) < 4.78 is 0. The summed E-state index contributed by atoms with van der Waals surface area (Å²) in [5, 5.41) is 0. The Morgan fingerprint density at radius 3 is 1.86 bits per heavy atom. The third kappa shape index (κ3) is 10.8. The van der Waals surface area contributed by atoms with Gasteiger partial charge in [-0.1, -0.05) is 24.3 Å². The smallest absolute Gasteiger partial charge is 0 e. The second-order valence-corrected chi connectivity index (χ2v) is 1.48. The third-order valence-corrected chi connectivity index (χ3v) is 0.451. The van der Waals surface area contributed by atoms with Gasteiger partial charge in [0.25, 0.3) is 0 Å². The van der Waals surface area contributed by atoms with Gasteiger partial charge in [-0.15, -0.1) is 0 Å². The predicted octanol–water partition coefficient (Wildman–Crippen LogP) is 1.66. The zero-order valence-electron chi connectivity index (χ0n) is 4.81. The van der Waals surface area contributed by atoms with Crippen molar-refractivity contribution in [1.29, 1.82) is 0 Å². The highest BCUT2D eigenvalue weighted by molar-refractivity contribution is 5.04. The maximum Gasteiger partial charge on any atom is 0 e. The van der Waals surface area contributed by atoms with Gasteiger partial charge in [0.15, 0.2) is 0 Å². The zero-order valence-corrected chi connectivity index (χ0v) is 4.81. The molecule has 0 aliphatic heterocycles. The van der Waals surface area contributed by atoms with E-state index in [4.69, 9.17) is 0 Å². The van der Waals surface area contributed by atoms with Crippen molar-refractivity contribution in [2.24, 2.45) is 0 Å². The minimum atomic E-state index is 0. The average Bonchev–Trinajstić information content (AvgIpc) is 1.35. The van der Waals surface area contributed by atoms with Crippen LogP contribution in [0.3, 0.4) is 0 Å². The monoisotopic (exact) mass is 96.1 g/mol. The molecular formula is C6H10N. The van der Waals surface area contributed by atoms with E-state index >= 15 is 0 Å². The number of hydrogen-bond donors (Lipinski definition) is 0. The van der Waals surface area contributed by atoms with E-state index in [9.17, 15) is 0 Å². The summed E-state index contributed by atoms with van der Waals surface area (Å²) in [6.45, 7) is 7.61. The van der Waals surface area contributed by atoms with E-state index in [1.165, 1.54) is 5.57 Å². The number of hydrogen-bond acceptors (Lipinski definition) is 0. The maximum atomic E-state index is 3.52. The van der Waals surface area contributed by atoms with Crippen molar-refractivity contribution in [3.05, 3.63) is 24.3 Å². The second-order valence-electron chi connectivity index (χ2n) is 1.48. The lowest BCUT2D eigenvalue weighted by Crippen LogP contribution is -1.54. The SMILES string of the molecule is C=CC=C(C)C.[N]. The van der Waals surface area contributed by atoms with Crippen LogP contribution in [0, 0.1) is 0 Å². The largest absolute Gasteiger partial charge is 0.0991 e. The summed E-state index contributed by atoms with van der Waals surface area (Å²) in [5.41, 5.74) is 1.30. The summed E-state index contributed by atoms with van der Waals surface area (Å²) >= 11 is 0. The average molecular weight is 96.2 g/mol. The fourth-order valence-electron chi connectivity index (χ4n) is 0.236. The Kier molecular flexibility index (Phi) is 7.51. The molecule has 0 heterocycles. The van der Waals surface area contributed by atoms with Crippen LogP contribution in [0.4, 0.5) is 0 Å². The van der Waals surface area contributed by atoms with Crippen molar-refractivity contribution < 1.29 is 0 Å². The lowest BCUT2D eigenvalue weighted by atomic mass is 10.3. The molecule has 0 aliphatic rings. The number of nitrogens with zero attached hydrogens (tertiary/aromatic N) is 1. The minimum Gasteiger partial charge on any atom is -0.0991 e. The van der Waals surface area contributed by atoms with E-state index in [-0.39, 0.29) is 6.15 Å². The Balaban J connectivity index is 0. The van der Waals surface area contributed by atoms with Gasteiger partial charge < -0.3 is 0 Å². The molecule has 0 spiro atoms. The number of allylic oxidation sites excluding steroid dienone is 3. The van der Waals surface area contributed by atoms with Gasteiger partial charge in [-0.2, -0.15) is 0 Å². The van der Waals surface area contributed by atoms with Gasteiger partial charge >= 0.3 is 0 Å². The summed E-state index contributed by atoms with van der Waals surface area (Å²) in [4.78, 5) is 0. The van der Waals surface area contributed by atoms with Crippen molar-refractivity contribution in [2.75, 3.05) is 0 Å². The normalized spacial score (nSPS) is 6.00. The highest BCUT2D eigenvalue weighted by atomic mass is 14.0. The molecule has 3 radical (unpaired) electrons. The van der Waals surface area contributed by atoms with Crippen molar-refractivity contribution in [3.63, 3.8) is 0 Å². The van der Waals surface area contributed by atoms with Gasteiger partial charge in [0.05, 0.1) is 0 Å². The summed E-state index contributed by atoms with van der Waals surface area (Å²) in [7, 11) is 0. The van der Waals surface area contributed by atoms with Crippen molar-refractivity contribution in [2.45, 2.75) is 13.8 Å². The molecule has 0 saturated heterocycles. The van der Waals surface area contributed by atoms with Crippen molar-refractivity contribution in [3.8, 4) is 0 Å². The molecule has 0 unspecified atom stereocenters. The van der Waals surface area contributed by atoms with E-state index in [1.54, 1.807) is 6.08 Å². The quantitative estimate of drug-likeness (QED) is 0.444. The van der Waals surface area contributed by atoms with Crippen LogP contribution in [0.1, 0.15) is 13.8 Å². The van der Waals surface area contributed by atoms with E-state index in [1.807, 2.05) is 19.9 Å². The Hall–Kier alpha value is -0.560. The Bertz CT molecular complexity index is 68.2. The molecule has 1 heteroatoms. The van der Waals surface area contributed by atoms with Crippen molar-refractivity contribution >= 4 is 0 Å². The Labute approximate surface area is 45.3 Å². The summed E-state index contributed by atoms with van der Waals surface area (Å²) in [6, 6.07) is 0. The molecule has 0 rings (SSSR count). The van der Waals surface area contributed by atoms with Crippen LogP contribution >= 0.6 is 0 Å². The summed E-state index contributed by atoms with van der Waals surface area (Å²) in [5.74, 6) is 0. The molecule has 7 heavy (non-hydrogen) atoms. The summed E-state index contributed by atoms with van der Waals surface area (Å²) in [6.07, 6.45) is 3.76. The molecule has 0 saturated carbocycles. The van der Waals surface area contributed by atoms with E-state index in [0.717, 1.165) is 0 Å². The second kappa shape index (κ2) is 5.44. The molecule has 39 valence electrons. The highest BCUT2D eigenvalue weighted by Gasteiger charge is 1.63. The molecule has 0 aromatic heterocycles. The van der Waals surface area contributed by atoms with Gasteiger partial charge in [-0.25, -0.2) is 0 Å². The topological polar surface area (TPSA) is 30.5 Å². The van der Waals surface area contributed by atoms with Crippen LogP contribution in [0.15, 0.2) is 24.3 Å². The van der Waals surface area contributed by atoms with Gasteiger partial charge in [-0.3, -0.25) is 0 Å². The first-order chi connectivity index (χ1) is 2.77. The van der Waals surface area contributed by atoms with Crippen LogP contribution in [-0.4, -0.2) is 0 Å². The van der Waals surface area contributed by atoms with Gasteiger partial charge in [0, 0.05) is 6.15 Å². The first-order valence-corrected chi connectivity index (χ1v) is 2.03. The zero-order chi connectivity index (χ0) is 4.99. The van der Waals surface area contributed by atoms with Crippen molar-refractivity contribution in [1.82, 2.24) is 6.15 Å². The molecule has 0 N–H and O–H groups in total. The fraction of sp³-hybridized carbons (Fsp3) is 0.333. The molecular weight excluding hydrogens is 86.1 g/mol. The van der Waals surface area contributed by atoms with Crippen LogP contribution < -0.4 is 6.15 Å². The Morgan fingerprint density at radius 2 is 1.86 bits per heavy atom. The lowest BCUT2D eigenvalue weighted by molar-refractivity contribution is 1.40. The maximum absolute atomic E-state index is 3.52. The first-order valence-electron chi connectivity index (χ1n) is 2.03. The minimum absolute atomic E-state index is 0. The van der Waals surface area contributed by atoms with E-state index < -0.39 is 0 Å². The van der Waals surface area contributed by atoms with Crippen LogP contribution in [-0.2, 0) is 0 Å². The van der Waals surface area contributed by atoms with Gasteiger partial charge in [-0.05, 0) is 13.8 Å². The predicted molar refractivity (Wildman–Crippen MR) is 31.8 cm³/mol. The van der Waals surface area contributed by atoms with E-state index in [0.29, 0.717) is 0 Å². The van der Waals surface area contributed by atoms with Crippen LogP contribution in [0.25, 0.3) is 0 Å². The molecule has 0 aromatic carbocycles. The molecule has 0 aromatic rings. The lowest BCUT2D eigenvalue weighted by Gasteiger charge is -1.76. The van der Waals surface area contributed by atoms with Gasteiger partial charge in [0.1, 0.15) is 0 Å². The third-order valence-electron chi connectivity index (χ3n) is 0.451. The Morgan fingerprint density at radius 1 is 1.43 bits per heavy atom. The van der Waals surface area contributed by atoms with Gasteiger partial charge in [0.2, 0.25) is 0 Å². The number of rotatable bonds is 1. The molecule has 0 atom stereocenters. The molecule has 0 bridgehead atoms. The first kappa shape index (κ1) is 9.67. The molecule has 0 amide bonds. The van der Waals surface area contributed by atoms with Crippen LogP contribution in [0.5, 0.6) is 0 Å². The molecule has 0 aliphatic carbocycles. The van der Waals surface area contributed by atoms with Crippen LogP contribution in [0.2, 0.25) is 0 Å². The van der Waals surface area contributed by atoms with E-state index in [2.05, 4.69) is 6.58 Å².